The molecule has 3 rings (SSSR count). The van der Waals surface area contributed by atoms with Gasteiger partial charge in [-0.05, 0) is 80.1 Å². The van der Waals surface area contributed by atoms with Gasteiger partial charge in [-0.2, -0.15) is 0 Å². The van der Waals surface area contributed by atoms with Crippen molar-refractivity contribution in [2.45, 2.75) is 39.2 Å². The highest BCUT2D eigenvalue weighted by molar-refractivity contribution is 9.10. The van der Waals surface area contributed by atoms with Crippen molar-refractivity contribution in [3.63, 3.8) is 0 Å². The van der Waals surface area contributed by atoms with Crippen molar-refractivity contribution in [1.29, 1.82) is 0 Å². The van der Waals surface area contributed by atoms with Gasteiger partial charge >= 0.3 is 5.97 Å². The van der Waals surface area contributed by atoms with Gasteiger partial charge < -0.3 is 15.3 Å². The predicted octanol–water partition coefficient (Wildman–Crippen LogP) is 5.85. The van der Waals surface area contributed by atoms with Gasteiger partial charge in [0.1, 0.15) is 0 Å². The van der Waals surface area contributed by atoms with Crippen molar-refractivity contribution < 1.29 is 9.90 Å². The topological polar surface area (TPSA) is 52.6 Å². The lowest BCUT2D eigenvalue weighted by Gasteiger charge is -2.33. The highest BCUT2D eigenvalue weighted by Crippen LogP contribution is 2.30. The SMILES string of the molecule is Cc1ccccc1NC(=S)N(Cc1cccc(Br)c1)CC1CCC(C(=O)O)CC1. The van der Waals surface area contributed by atoms with Gasteiger partial charge in [-0.3, -0.25) is 4.79 Å². The molecule has 1 aliphatic carbocycles. The van der Waals surface area contributed by atoms with Crippen LogP contribution in [-0.2, 0) is 11.3 Å². The van der Waals surface area contributed by atoms with Crippen LogP contribution in [0.4, 0.5) is 5.69 Å². The first-order valence-corrected chi connectivity index (χ1v) is 11.2. The van der Waals surface area contributed by atoms with E-state index in [1.165, 1.54) is 5.56 Å². The van der Waals surface area contributed by atoms with Crippen LogP contribution in [0.2, 0.25) is 0 Å². The van der Waals surface area contributed by atoms with Gasteiger partial charge in [0.2, 0.25) is 0 Å². The van der Waals surface area contributed by atoms with Crippen molar-refractivity contribution >= 4 is 44.9 Å². The summed E-state index contributed by atoms with van der Waals surface area (Å²) in [5.74, 6) is -0.401. The maximum absolute atomic E-state index is 11.3. The van der Waals surface area contributed by atoms with E-state index in [0.29, 0.717) is 11.0 Å². The third-order valence-electron chi connectivity index (χ3n) is 5.61. The third kappa shape index (κ3) is 6.28. The first-order valence-electron chi connectivity index (χ1n) is 10.0. The molecule has 0 aromatic heterocycles. The molecule has 2 aromatic carbocycles. The summed E-state index contributed by atoms with van der Waals surface area (Å²) in [6.45, 7) is 3.61. The standard InChI is InChI=1S/C23H27BrN2O2S/c1-16-5-2-3-8-21(16)25-23(29)26(15-18-6-4-7-20(24)13-18)14-17-9-11-19(12-10-17)22(27)28/h2-8,13,17,19H,9-12,14-15H2,1H3,(H,25,29)(H,27,28). The van der Waals surface area contributed by atoms with Crippen molar-refractivity contribution in [2.24, 2.45) is 11.8 Å². The summed E-state index contributed by atoms with van der Waals surface area (Å²) in [6, 6.07) is 16.4. The van der Waals surface area contributed by atoms with Crippen LogP contribution in [0.1, 0.15) is 36.8 Å². The van der Waals surface area contributed by atoms with Crippen LogP contribution < -0.4 is 5.32 Å². The monoisotopic (exact) mass is 474 g/mol. The Morgan fingerprint density at radius 2 is 1.90 bits per heavy atom. The number of hydrogen-bond donors (Lipinski definition) is 2. The van der Waals surface area contributed by atoms with Crippen molar-refractivity contribution in [3.05, 3.63) is 64.1 Å². The number of carboxylic acids is 1. The highest BCUT2D eigenvalue weighted by atomic mass is 79.9. The van der Waals surface area contributed by atoms with Crippen LogP contribution in [0.15, 0.2) is 53.0 Å². The molecule has 1 saturated carbocycles. The Bertz CT molecular complexity index is 865. The maximum Gasteiger partial charge on any atom is 0.306 e. The molecule has 0 heterocycles. The lowest BCUT2D eigenvalue weighted by atomic mass is 9.82. The second-order valence-electron chi connectivity index (χ2n) is 7.81. The summed E-state index contributed by atoms with van der Waals surface area (Å²) in [6.07, 6.45) is 3.36. The number of anilines is 1. The molecule has 1 aliphatic rings. The van der Waals surface area contributed by atoms with Gasteiger partial charge in [0.05, 0.1) is 5.92 Å². The molecular formula is C23H27BrN2O2S. The smallest absolute Gasteiger partial charge is 0.306 e. The number of aryl methyl sites for hydroxylation is 1. The van der Waals surface area contributed by atoms with Crippen LogP contribution in [0.3, 0.4) is 0 Å². The number of carbonyl (C=O) groups is 1. The fraction of sp³-hybridized carbons (Fsp3) is 0.391. The Labute approximate surface area is 186 Å². The van der Waals surface area contributed by atoms with Crippen LogP contribution in [0.5, 0.6) is 0 Å². The lowest BCUT2D eigenvalue weighted by molar-refractivity contribution is -0.143. The number of benzene rings is 2. The second-order valence-corrected chi connectivity index (χ2v) is 9.11. The minimum absolute atomic E-state index is 0.193. The van der Waals surface area contributed by atoms with E-state index in [9.17, 15) is 9.90 Å². The number of carboxylic acid groups (broad SMARTS) is 1. The minimum Gasteiger partial charge on any atom is -0.481 e. The summed E-state index contributed by atoms with van der Waals surface area (Å²) in [4.78, 5) is 13.5. The molecule has 2 N–H and O–H groups in total. The zero-order chi connectivity index (χ0) is 20.8. The number of thiocarbonyl (C=S) groups is 1. The number of hydrogen-bond acceptors (Lipinski definition) is 2. The van der Waals surface area contributed by atoms with Crippen molar-refractivity contribution in [2.75, 3.05) is 11.9 Å². The molecule has 2 aromatic rings. The van der Waals surface area contributed by atoms with Crippen molar-refractivity contribution in [3.8, 4) is 0 Å². The Kier molecular flexibility index (Phi) is 7.67. The summed E-state index contributed by atoms with van der Waals surface area (Å²) >= 11 is 9.34. The molecule has 0 unspecified atom stereocenters. The second kappa shape index (κ2) is 10.2. The molecule has 0 amide bonds. The average Bonchev–Trinajstić information content (AvgIpc) is 2.69. The van der Waals surface area contributed by atoms with E-state index in [1.54, 1.807) is 0 Å². The number of para-hydroxylation sites is 1. The van der Waals surface area contributed by atoms with Gasteiger partial charge in [-0.25, -0.2) is 0 Å². The third-order valence-corrected chi connectivity index (χ3v) is 6.46. The molecule has 0 radical (unpaired) electrons. The van der Waals surface area contributed by atoms with E-state index in [-0.39, 0.29) is 5.92 Å². The Morgan fingerprint density at radius 3 is 2.55 bits per heavy atom. The van der Waals surface area contributed by atoms with Gasteiger partial charge in [0, 0.05) is 23.2 Å². The van der Waals surface area contributed by atoms with Crippen LogP contribution in [-0.4, -0.2) is 27.6 Å². The first kappa shape index (κ1) is 21.8. The number of nitrogens with one attached hydrogen (secondary N) is 1. The molecule has 0 atom stereocenters. The van der Waals surface area contributed by atoms with Gasteiger partial charge in [0.25, 0.3) is 0 Å². The first-order chi connectivity index (χ1) is 13.9. The Balaban J connectivity index is 1.71. The molecule has 0 spiro atoms. The van der Waals surface area contributed by atoms with Gasteiger partial charge in [-0.15, -0.1) is 0 Å². The fourth-order valence-corrected chi connectivity index (χ4v) is 4.58. The van der Waals surface area contributed by atoms with Crippen LogP contribution >= 0.6 is 28.1 Å². The van der Waals surface area contributed by atoms with E-state index in [4.69, 9.17) is 12.2 Å². The maximum atomic E-state index is 11.3. The Morgan fingerprint density at radius 1 is 1.17 bits per heavy atom. The fourth-order valence-electron chi connectivity index (χ4n) is 3.89. The lowest BCUT2D eigenvalue weighted by Crippen LogP contribution is -2.39. The van der Waals surface area contributed by atoms with Crippen LogP contribution in [0.25, 0.3) is 0 Å². The van der Waals surface area contributed by atoms with Gasteiger partial charge in [-0.1, -0.05) is 46.3 Å². The predicted molar refractivity (Wildman–Crippen MR) is 125 cm³/mol. The summed E-state index contributed by atoms with van der Waals surface area (Å²) in [5, 5.41) is 13.4. The molecule has 29 heavy (non-hydrogen) atoms. The molecule has 0 aliphatic heterocycles. The Hall–Kier alpha value is -1.92. The largest absolute Gasteiger partial charge is 0.481 e. The van der Waals surface area contributed by atoms with E-state index >= 15 is 0 Å². The molecule has 1 fully saturated rings. The van der Waals surface area contributed by atoms with E-state index in [2.05, 4.69) is 51.3 Å². The highest BCUT2D eigenvalue weighted by Gasteiger charge is 2.27. The minimum atomic E-state index is -0.661. The molecule has 0 bridgehead atoms. The zero-order valence-corrected chi connectivity index (χ0v) is 19.0. The van der Waals surface area contributed by atoms with Crippen LogP contribution in [0, 0.1) is 18.8 Å². The quantitative estimate of drug-likeness (QED) is 0.514. The van der Waals surface area contributed by atoms with E-state index in [0.717, 1.165) is 54.5 Å². The molecule has 154 valence electrons. The normalized spacial score (nSPS) is 18.8. The zero-order valence-electron chi connectivity index (χ0n) is 16.6. The van der Waals surface area contributed by atoms with E-state index < -0.39 is 5.97 Å². The molecule has 4 nitrogen and oxygen atoms in total. The van der Waals surface area contributed by atoms with Crippen molar-refractivity contribution in [1.82, 2.24) is 4.90 Å². The number of nitrogens with zero attached hydrogens (tertiary/aromatic N) is 1. The number of rotatable bonds is 6. The molecular weight excluding hydrogens is 448 g/mol. The summed E-state index contributed by atoms with van der Waals surface area (Å²) < 4.78 is 1.05. The number of halogens is 1. The van der Waals surface area contributed by atoms with Gasteiger partial charge in [0.15, 0.2) is 5.11 Å². The average molecular weight is 475 g/mol. The molecule has 6 heteroatoms. The van der Waals surface area contributed by atoms with E-state index in [1.807, 2.05) is 30.3 Å². The summed E-state index contributed by atoms with van der Waals surface area (Å²) in [5.41, 5.74) is 3.36. The summed E-state index contributed by atoms with van der Waals surface area (Å²) in [7, 11) is 0. The molecule has 0 saturated heterocycles. The number of aliphatic carboxylic acids is 1.